The van der Waals surface area contributed by atoms with E-state index in [1.807, 2.05) is 71.9 Å². The van der Waals surface area contributed by atoms with Crippen LogP contribution in [0.3, 0.4) is 0 Å². The molecule has 0 bridgehead atoms. The van der Waals surface area contributed by atoms with Crippen LogP contribution >= 0.6 is 23.1 Å². The van der Waals surface area contributed by atoms with Crippen LogP contribution in [0.5, 0.6) is 0 Å². The molecule has 10 heteroatoms. The Labute approximate surface area is 204 Å². The second-order valence-electron chi connectivity index (χ2n) is 7.59. The number of hydrogen-bond donors (Lipinski definition) is 0. The Bertz CT molecular complexity index is 1400. The summed E-state index contributed by atoms with van der Waals surface area (Å²) >= 11 is 2.98. The number of hydrogen-bond acceptors (Lipinski definition) is 8. The number of thioether (sulfide) groups is 1. The number of carbonyl (C=O) groups is 1. The number of carbonyl (C=O) groups excluding carboxylic acids is 1. The van der Waals surface area contributed by atoms with E-state index in [0.29, 0.717) is 24.6 Å². The molecule has 0 unspecified atom stereocenters. The lowest BCUT2D eigenvalue weighted by atomic mass is 10.2. The van der Waals surface area contributed by atoms with Crippen molar-refractivity contribution in [1.29, 1.82) is 0 Å². The first-order valence-electron chi connectivity index (χ1n) is 10.6. The van der Waals surface area contributed by atoms with Gasteiger partial charge in [-0.25, -0.2) is 4.98 Å². The summed E-state index contributed by atoms with van der Waals surface area (Å²) < 4.78 is 1.69. The molecule has 0 aliphatic carbocycles. The third kappa shape index (κ3) is 4.97. The molecule has 1 aromatic carbocycles. The quantitative estimate of drug-likeness (QED) is 0.302. The summed E-state index contributed by atoms with van der Waals surface area (Å²) in [6, 6.07) is 17.5. The van der Waals surface area contributed by atoms with Crippen molar-refractivity contribution in [2.45, 2.75) is 25.0 Å². The molecule has 1 amide bonds. The standard InChI is InChI=1S/C24H21N7OS2/c1-17-20(34-16-26-17)14-30(13-18-6-3-2-4-7-18)23(32)15-33-22-10-9-21-27-28-24(31(21)29-22)19-8-5-11-25-12-19/h2-12,16H,13-15H2,1H3. The van der Waals surface area contributed by atoms with E-state index in [9.17, 15) is 4.79 Å². The molecular formula is C24H21N7OS2. The zero-order valence-electron chi connectivity index (χ0n) is 18.4. The van der Waals surface area contributed by atoms with E-state index in [0.717, 1.165) is 26.7 Å². The maximum Gasteiger partial charge on any atom is 0.233 e. The van der Waals surface area contributed by atoms with E-state index in [1.165, 1.54) is 11.8 Å². The summed E-state index contributed by atoms with van der Waals surface area (Å²) in [4.78, 5) is 24.7. The van der Waals surface area contributed by atoms with E-state index in [2.05, 4.69) is 25.3 Å². The molecule has 0 fully saturated rings. The van der Waals surface area contributed by atoms with Crippen LogP contribution in [0, 0.1) is 6.92 Å². The Morgan fingerprint density at radius 1 is 1.06 bits per heavy atom. The number of aryl methyl sites for hydroxylation is 1. The number of thiazole rings is 1. The lowest BCUT2D eigenvalue weighted by Crippen LogP contribution is -2.31. The van der Waals surface area contributed by atoms with E-state index in [-0.39, 0.29) is 11.7 Å². The van der Waals surface area contributed by atoms with Crippen LogP contribution in [0.1, 0.15) is 16.1 Å². The summed E-state index contributed by atoms with van der Waals surface area (Å²) in [6.45, 7) is 3.05. The van der Waals surface area contributed by atoms with Crippen LogP contribution < -0.4 is 0 Å². The minimum absolute atomic E-state index is 0.0415. The van der Waals surface area contributed by atoms with E-state index < -0.39 is 0 Å². The number of nitrogens with zero attached hydrogens (tertiary/aromatic N) is 7. The van der Waals surface area contributed by atoms with Gasteiger partial charge in [-0.3, -0.25) is 9.78 Å². The van der Waals surface area contributed by atoms with Crippen molar-refractivity contribution >= 4 is 34.7 Å². The highest BCUT2D eigenvalue weighted by atomic mass is 32.2. The van der Waals surface area contributed by atoms with Crippen molar-refractivity contribution in [3.05, 3.63) is 88.6 Å². The minimum atomic E-state index is 0.0415. The predicted octanol–water partition coefficient (Wildman–Crippen LogP) is 4.27. The average Bonchev–Trinajstić information content (AvgIpc) is 3.49. The number of amides is 1. The average molecular weight is 488 g/mol. The first kappa shape index (κ1) is 22.2. The van der Waals surface area contributed by atoms with Gasteiger partial charge in [0.1, 0.15) is 5.03 Å². The Morgan fingerprint density at radius 3 is 2.71 bits per heavy atom. The Morgan fingerprint density at radius 2 is 1.94 bits per heavy atom. The molecule has 8 nitrogen and oxygen atoms in total. The molecule has 0 saturated heterocycles. The maximum absolute atomic E-state index is 13.3. The van der Waals surface area contributed by atoms with Crippen LogP contribution in [-0.4, -0.2) is 46.3 Å². The fourth-order valence-corrected chi connectivity index (χ4v) is 4.99. The molecule has 0 spiro atoms. The normalized spacial score (nSPS) is 11.1. The van der Waals surface area contributed by atoms with Crippen LogP contribution in [0.2, 0.25) is 0 Å². The molecule has 170 valence electrons. The maximum atomic E-state index is 13.3. The second-order valence-corrected chi connectivity index (χ2v) is 9.53. The highest BCUT2D eigenvalue weighted by Crippen LogP contribution is 2.22. The third-order valence-corrected chi connectivity index (χ3v) is 7.07. The second kappa shape index (κ2) is 10.1. The van der Waals surface area contributed by atoms with Gasteiger partial charge in [0, 0.05) is 29.4 Å². The van der Waals surface area contributed by atoms with Crippen LogP contribution in [0.25, 0.3) is 17.0 Å². The Balaban J connectivity index is 1.33. The van der Waals surface area contributed by atoms with Gasteiger partial charge in [0.05, 0.1) is 23.5 Å². The number of aromatic nitrogens is 6. The SMILES string of the molecule is Cc1ncsc1CN(Cc1ccccc1)C(=O)CSc1ccc2nnc(-c3cccnc3)n2n1. The van der Waals surface area contributed by atoms with Gasteiger partial charge in [0.15, 0.2) is 11.5 Å². The number of rotatable bonds is 8. The molecule has 0 aliphatic rings. The van der Waals surface area contributed by atoms with Gasteiger partial charge < -0.3 is 4.90 Å². The number of fused-ring (bicyclic) bond motifs is 1. The van der Waals surface area contributed by atoms with Crippen molar-refractivity contribution in [3.63, 3.8) is 0 Å². The van der Waals surface area contributed by atoms with Gasteiger partial charge in [0.2, 0.25) is 5.91 Å². The molecule has 0 atom stereocenters. The summed E-state index contributed by atoms with van der Waals surface area (Å²) in [5.74, 6) is 0.927. The van der Waals surface area contributed by atoms with Crippen molar-refractivity contribution in [2.75, 3.05) is 5.75 Å². The van der Waals surface area contributed by atoms with Gasteiger partial charge >= 0.3 is 0 Å². The molecule has 5 rings (SSSR count). The first-order valence-corrected chi connectivity index (χ1v) is 12.5. The fourth-order valence-electron chi connectivity index (χ4n) is 3.44. The molecular weight excluding hydrogens is 466 g/mol. The summed E-state index contributed by atoms with van der Waals surface area (Å²) in [7, 11) is 0. The van der Waals surface area contributed by atoms with E-state index in [4.69, 9.17) is 0 Å². The first-order chi connectivity index (χ1) is 16.7. The highest BCUT2D eigenvalue weighted by Gasteiger charge is 2.18. The molecule has 0 aliphatic heterocycles. The zero-order valence-corrected chi connectivity index (χ0v) is 20.0. The van der Waals surface area contributed by atoms with Gasteiger partial charge in [-0.2, -0.15) is 9.61 Å². The number of pyridine rings is 1. The fraction of sp³-hybridized carbons (Fsp3) is 0.167. The van der Waals surface area contributed by atoms with Crippen LogP contribution in [0.15, 0.2) is 77.5 Å². The predicted molar refractivity (Wildman–Crippen MR) is 132 cm³/mol. The Hall–Kier alpha value is -3.63. The third-order valence-electron chi connectivity index (χ3n) is 5.25. The van der Waals surface area contributed by atoms with Gasteiger partial charge in [-0.1, -0.05) is 42.1 Å². The highest BCUT2D eigenvalue weighted by molar-refractivity contribution is 7.99. The molecule has 0 saturated carbocycles. The molecule has 4 heterocycles. The molecule has 0 N–H and O–H groups in total. The van der Waals surface area contributed by atoms with E-state index in [1.54, 1.807) is 28.2 Å². The topological polar surface area (TPSA) is 89.2 Å². The molecule has 4 aromatic heterocycles. The summed E-state index contributed by atoms with van der Waals surface area (Å²) in [5.41, 5.74) is 5.35. The monoisotopic (exact) mass is 487 g/mol. The van der Waals surface area contributed by atoms with E-state index >= 15 is 0 Å². The Kier molecular flexibility index (Phi) is 6.59. The minimum Gasteiger partial charge on any atom is -0.332 e. The largest absolute Gasteiger partial charge is 0.332 e. The summed E-state index contributed by atoms with van der Waals surface area (Å²) in [6.07, 6.45) is 3.44. The van der Waals surface area contributed by atoms with Gasteiger partial charge in [-0.05, 0) is 36.8 Å². The smallest absolute Gasteiger partial charge is 0.233 e. The van der Waals surface area contributed by atoms with Crippen molar-refractivity contribution < 1.29 is 4.79 Å². The van der Waals surface area contributed by atoms with Crippen molar-refractivity contribution in [1.82, 2.24) is 34.7 Å². The molecule has 34 heavy (non-hydrogen) atoms. The van der Waals surface area contributed by atoms with Crippen LogP contribution in [0.4, 0.5) is 0 Å². The molecule has 5 aromatic rings. The lowest BCUT2D eigenvalue weighted by molar-refractivity contribution is -0.129. The summed E-state index contributed by atoms with van der Waals surface area (Å²) in [5, 5.41) is 13.8. The number of benzene rings is 1. The van der Waals surface area contributed by atoms with Crippen molar-refractivity contribution in [3.8, 4) is 11.4 Å². The van der Waals surface area contributed by atoms with Gasteiger partial charge in [0.25, 0.3) is 0 Å². The molecule has 0 radical (unpaired) electrons. The zero-order chi connectivity index (χ0) is 23.3. The lowest BCUT2D eigenvalue weighted by Gasteiger charge is -2.22. The van der Waals surface area contributed by atoms with Crippen molar-refractivity contribution in [2.24, 2.45) is 0 Å². The van der Waals surface area contributed by atoms with Crippen LogP contribution in [-0.2, 0) is 17.9 Å². The van der Waals surface area contributed by atoms with Gasteiger partial charge in [-0.15, -0.1) is 21.5 Å².